The standard InChI is InChI=1S/C14H23NO3/c1-4-12(9(2)3)15-13(16)10-7-5-6-8-11(10)14(17)18/h5-6,9-12H,4,7-8H2,1-3H3,(H,15,16)(H,17,18)/t10-,11+,12?/m1/s1. The molecule has 4 heteroatoms. The number of amides is 1. The van der Waals surface area contributed by atoms with Gasteiger partial charge in [0.05, 0.1) is 11.8 Å². The van der Waals surface area contributed by atoms with Gasteiger partial charge in [-0.2, -0.15) is 0 Å². The summed E-state index contributed by atoms with van der Waals surface area (Å²) in [5, 5.41) is 12.1. The molecule has 0 aromatic carbocycles. The van der Waals surface area contributed by atoms with Crippen molar-refractivity contribution in [3.8, 4) is 0 Å². The molecule has 2 N–H and O–H groups in total. The van der Waals surface area contributed by atoms with Gasteiger partial charge in [0.2, 0.25) is 5.91 Å². The molecule has 18 heavy (non-hydrogen) atoms. The zero-order valence-corrected chi connectivity index (χ0v) is 11.3. The van der Waals surface area contributed by atoms with Crippen molar-refractivity contribution in [2.24, 2.45) is 17.8 Å². The molecule has 1 rings (SSSR count). The van der Waals surface area contributed by atoms with Crippen LogP contribution in [0.15, 0.2) is 12.2 Å². The molecule has 0 fully saturated rings. The topological polar surface area (TPSA) is 66.4 Å². The Morgan fingerprint density at radius 3 is 2.28 bits per heavy atom. The van der Waals surface area contributed by atoms with Crippen molar-refractivity contribution in [1.82, 2.24) is 5.32 Å². The van der Waals surface area contributed by atoms with Crippen LogP contribution in [0, 0.1) is 17.8 Å². The molecule has 0 saturated carbocycles. The molecule has 102 valence electrons. The molecule has 1 aliphatic carbocycles. The summed E-state index contributed by atoms with van der Waals surface area (Å²) in [5.41, 5.74) is 0. The fraction of sp³-hybridized carbons (Fsp3) is 0.714. The second-order valence-corrected chi connectivity index (χ2v) is 5.26. The van der Waals surface area contributed by atoms with Crippen LogP contribution in [0.3, 0.4) is 0 Å². The zero-order valence-electron chi connectivity index (χ0n) is 11.3. The third-order valence-corrected chi connectivity index (χ3v) is 3.66. The van der Waals surface area contributed by atoms with Crippen molar-refractivity contribution < 1.29 is 14.7 Å². The highest BCUT2D eigenvalue weighted by molar-refractivity contribution is 5.85. The SMILES string of the molecule is CCC(NC(=O)[C@@H]1CC=CC[C@@H]1C(=O)O)C(C)C. The van der Waals surface area contributed by atoms with E-state index in [1.165, 1.54) is 0 Å². The van der Waals surface area contributed by atoms with E-state index in [2.05, 4.69) is 19.2 Å². The first-order valence-electron chi connectivity index (χ1n) is 6.65. The molecule has 1 aliphatic rings. The van der Waals surface area contributed by atoms with Crippen molar-refractivity contribution in [2.45, 2.75) is 46.1 Å². The zero-order chi connectivity index (χ0) is 13.7. The number of allylic oxidation sites excluding steroid dienone is 2. The summed E-state index contributed by atoms with van der Waals surface area (Å²) in [6.07, 6.45) is 5.59. The minimum atomic E-state index is -0.878. The highest BCUT2D eigenvalue weighted by Crippen LogP contribution is 2.26. The molecule has 0 aromatic rings. The lowest BCUT2D eigenvalue weighted by Crippen LogP contribution is -2.45. The van der Waals surface area contributed by atoms with Gasteiger partial charge in [-0.05, 0) is 25.2 Å². The summed E-state index contributed by atoms with van der Waals surface area (Å²) in [6.45, 7) is 6.15. The molecule has 0 radical (unpaired) electrons. The molecule has 0 aromatic heterocycles. The van der Waals surface area contributed by atoms with Crippen LogP contribution in [-0.2, 0) is 9.59 Å². The second kappa shape index (κ2) is 6.57. The lowest BCUT2D eigenvalue weighted by molar-refractivity contribution is -0.147. The highest BCUT2D eigenvalue weighted by atomic mass is 16.4. The van der Waals surface area contributed by atoms with Crippen LogP contribution in [0.4, 0.5) is 0 Å². The van der Waals surface area contributed by atoms with E-state index in [0.717, 1.165) is 6.42 Å². The van der Waals surface area contributed by atoms with Gasteiger partial charge in [-0.3, -0.25) is 9.59 Å². The minimum absolute atomic E-state index is 0.118. The highest BCUT2D eigenvalue weighted by Gasteiger charge is 2.34. The van der Waals surface area contributed by atoms with Crippen LogP contribution in [0.1, 0.15) is 40.0 Å². The summed E-state index contributed by atoms with van der Waals surface area (Å²) in [5.74, 6) is -1.65. The molecule has 0 saturated heterocycles. The van der Waals surface area contributed by atoms with Gasteiger partial charge in [-0.15, -0.1) is 0 Å². The van der Waals surface area contributed by atoms with E-state index in [1.807, 2.05) is 19.1 Å². The predicted molar refractivity (Wildman–Crippen MR) is 70.0 cm³/mol. The van der Waals surface area contributed by atoms with Crippen molar-refractivity contribution in [3.05, 3.63) is 12.2 Å². The van der Waals surface area contributed by atoms with E-state index in [-0.39, 0.29) is 11.9 Å². The number of hydrogen-bond acceptors (Lipinski definition) is 2. The number of aliphatic carboxylic acids is 1. The summed E-state index contributed by atoms with van der Waals surface area (Å²) < 4.78 is 0. The Bertz CT molecular complexity index is 336. The van der Waals surface area contributed by atoms with Gasteiger partial charge >= 0.3 is 5.97 Å². The lowest BCUT2D eigenvalue weighted by Gasteiger charge is -2.28. The Balaban J connectivity index is 2.69. The first kappa shape index (κ1) is 14.7. The van der Waals surface area contributed by atoms with E-state index >= 15 is 0 Å². The molecular weight excluding hydrogens is 230 g/mol. The third-order valence-electron chi connectivity index (χ3n) is 3.66. The minimum Gasteiger partial charge on any atom is -0.481 e. The van der Waals surface area contributed by atoms with E-state index in [4.69, 9.17) is 5.11 Å². The molecule has 0 spiro atoms. The Labute approximate surface area is 108 Å². The molecule has 4 nitrogen and oxygen atoms in total. The average Bonchev–Trinajstić information content (AvgIpc) is 2.35. The van der Waals surface area contributed by atoms with Crippen LogP contribution in [-0.4, -0.2) is 23.0 Å². The smallest absolute Gasteiger partial charge is 0.307 e. The number of carboxylic acids is 1. The number of carboxylic acid groups (broad SMARTS) is 1. The van der Waals surface area contributed by atoms with Gasteiger partial charge in [0, 0.05) is 6.04 Å². The van der Waals surface area contributed by atoms with E-state index in [0.29, 0.717) is 18.8 Å². The van der Waals surface area contributed by atoms with Crippen LogP contribution in [0.5, 0.6) is 0 Å². The van der Waals surface area contributed by atoms with Gasteiger partial charge in [-0.1, -0.05) is 32.9 Å². The van der Waals surface area contributed by atoms with E-state index in [1.54, 1.807) is 0 Å². The first-order chi connectivity index (χ1) is 8.47. The predicted octanol–water partition coefficient (Wildman–Crippen LogP) is 2.20. The molecule has 0 bridgehead atoms. The monoisotopic (exact) mass is 253 g/mol. The summed E-state index contributed by atoms with van der Waals surface area (Å²) in [6, 6.07) is 0.123. The quantitative estimate of drug-likeness (QED) is 0.738. The molecule has 1 amide bonds. The van der Waals surface area contributed by atoms with Gasteiger partial charge in [0.1, 0.15) is 0 Å². The van der Waals surface area contributed by atoms with Gasteiger partial charge in [0.15, 0.2) is 0 Å². The number of rotatable bonds is 5. The number of nitrogens with one attached hydrogen (secondary N) is 1. The van der Waals surface area contributed by atoms with E-state index in [9.17, 15) is 9.59 Å². The Kier molecular flexibility index (Phi) is 5.38. The van der Waals surface area contributed by atoms with Crippen molar-refractivity contribution in [2.75, 3.05) is 0 Å². The Hall–Kier alpha value is -1.32. The largest absolute Gasteiger partial charge is 0.481 e. The Morgan fingerprint density at radius 2 is 1.83 bits per heavy atom. The molecule has 3 atom stereocenters. The normalized spacial score (nSPS) is 24.9. The maximum atomic E-state index is 12.2. The maximum Gasteiger partial charge on any atom is 0.307 e. The molecule has 1 unspecified atom stereocenters. The van der Waals surface area contributed by atoms with E-state index < -0.39 is 17.8 Å². The number of carbonyl (C=O) groups is 2. The second-order valence-electron chi connectivity index (χ2n) is 5.26. The fourth-order valence-electron chi connectivity index (χ4n) is 2.41. The van der Waals surface area contributed by atoms with Gasteiger partial charge in [-0.25, -0.2) is 0 Å². The fourth-order valence-corrected chi connectivity index (χ4v) is 2.41. The van der Waals surface area contributed by atoms with Crippen molar-refractivity contribution >= 4 is 11.9 Å². The first-order valence-corrected chi connectivity index (χ1v) is 6.65. The lowest BCUT2D eigenvalue weighted by atomic mass is 9.82. The van der Waals surface area contributed by atoms with Crippen LogP contribution in [0.2, 0.25) is 0 Å². The molecule has 0 heterocycles. The molecule has 0 aliphatic heterocycles. The van der Waals surface area contributed by atoms with Crippen LogP contribution in [0.25, 0.3) is 0 Å². The number of carbonyl (C=O) groups excluding carboxylic acids is 1. The average molecular weight is 253 g/mol. The third kappa shape index (κ3) is 3.59. The number of hydrogen-bond donors (Lipinski definition) is 2. The summed E-state index contributed by atoms with van der Waals surface area (Å²) in [7, 11) is 0. The maximum absolute atomic E-state index is 12.2. The summed E-state index contributed by atoms with van der Waals surface area (Å²) in [4.78, 5) is 23.3. The van der Waals surface area contributed by atoms with Crippen molar-refractivity contribution in [1.29, 1.82) is 0 Å². The van der Waals surface area contributed by atoms with Crippen LogP contribution < -0.4 is 5.32 Å². The molecular formula is C14H23NO3. The van der Waals surface area contributed by atoms with Crippen molar-refractivity contribution in [3.63, 3.8) is 0 Å². The van der Waals surface area contributed by atoms with Gasteiger partial charge < -0.3 is 10.4 Å². The van der Waals surface area contributed by atoms with Gasteiger partial charge in [0.25, 0.3) is 0 Å². The Morgan fingerprint density at radius 1 is 1.28 bits per heavy atom. The van der Waals surface area contributed by atoms with Crippen LogP contribution >= 0.6 is 0 Å². The summed E-state index contributed by atoms with van der Waals surface area (Å²) >= 11 is 0.